The van der Waals surface area contributed by atoms with Crippen LogP contribution < -0.4 is 0 Å². The number of hydrogen-bond acceptors (Lipinski definition) is 5. The summed E-state index contributed by atoms with van der Waals surface area (Å²) in [4.78, 5) is 5.07. The minimum absolute atomic E-state index is 0.0958. The lowest BCUT2D eigenvalue weighted by Crippen LogP contribution is -2.48. The number of benzene rings is 1. The van der Waals surface area contributed by atoms with E-state index in [0.29, 0.717) is 0 Å². The van der Waals surface area contributed by atoms with E-state index >= 15 is 0 Å². The van der Waals surface area contributed by atoms with Gasteiger partial charge in [0.15, 0.2) is 5.82 Å². The lowest BCUT2D eigenvalue weighted by molar-refractivity contribution is 0.0819. The Balaban J connectivity index is 1.64. The van der Waals surface area contributed by atoms with E-state index in [0.717, 1.165) is 45.0 Å². The van der Waals surface area contributed by atoms with Crippen LogP contribution in [0.15, 0.2) is 30.3 Å². The molecule has 136 valence electrons. The first-order valence-electron chi connectivity index (χ1n) is 9.28. The molecule has 0 spiro atoms. The third-order valence-corrected chi connectivity index (χ3v) is 4.91. The first-order valence-corrected chi connectivity index (χ1v) is 9.28. The minimum Gasteiger partial charge on any atom is -0.297 e. The molecule has 1 aromatic heterocycles. The Morgan fingerprint density at radius 1 is 1.04 bits per heavy atom. The van der Waals surface area contributed by atoms with E-state index in [2.05, 4.69) is 83.4 Å². The molecule has 1 aliphatic rings. The Bertz CT molecular complexity index is 652. The molecule has 1 fully saturated rings. The fourth-order valence-corrected chi connectivity index (χ4v) is 3.56. The van der Waals surface area contributed by atoms with Crippen LogP contribution in [0.25, 0.3) is 0 Å². The molecule has 1 aliphatic heterocycles. The summed E-state index contributed by atoms with van der Waals surface area (Å²) in [6.07, 6.45) is 1.02. The third kappa shape index (κ3) is 4.25. The molecule has 0 aliphatic carbocycles. The van der Waals surface area contributed by atoms with Crippen molar-refractivity contribution >= 4 is 0 Å². The van der Waals surface area contributed by atoms with E-state index in [4.69, 9.17) is 0 Å². The molecule has 1 unspecified atom stereocenters. The van der Waals surface area contributed by atoms with Crippen molar-refractivity contribution in [3.63, 3.8) is 0 Å². The van der Waals surface area contributed by atoms with Crippen molar-refractivity contribution in [2.24, 2.45) is 0 Å². The Morgan fingerprint density at radius 2 is 1.72 bits per heavy atom. The Morgan fingerprint density at radius 3 is 2.32 bits per heavy atom. The second kappa shape index (κ2) is 7.62. The fourth-order valence-electron chi connectivity index (χ4n) is 3.56. The van der Waals surface area contributed by atoms with E-state index in [1.54, 1.807) is 0 Å². The SMILES string of the molecule is CCC(c1nnnn1C(C)(C)C)N1CCN(Cc2ccccc2)CC1. The second-order valence-corrected chi connectivity index (χ2v) is 7.84. The average Bonchev–Trinajstić information content (AvgIpc) is 3.08. The summed E-state index contributed by atoms with van der Waals surface area (Å²) in [5.41, 5.74) is 1.29. The maximum Gasteiger partial charge on any atom is 0.168 e. The molecule has 0 amide bonds. The lowest BCUT2D eigenvalue weighted by Gasteiger charge is -2.39. The summed E-state index contributed by atoms with van der Waals surface area (Å²) >= 11 is 0. The number of piperazine rings is 1. The predicted octanol–water partition coefficient (Wildman–Crippen LogP) is 2.70. The molecular weight excluding hydrogens is 312 g/mol. The van der Waals surface area contributed by atoms with Gasteiger partial charge < -0.3 is 0 Å². The summed E-state index contributed by atoms with van der Waals surface area (Å²) in [7, 11) is 0. The van der Waals surface area contributed by atoms with Gasteiger partial charge in [-0.1, -0.05) is 37.3 Å². The molecule has 1 atom stereocenters. The standard InChI is InChI=1S/C19H30N6/c1-5-17(18-20-21-22-25(18)19(2,3)4)24-13-11-23(12-14-24)15-16-9-7-6-8-10-16/h6-10,17H,5,11-15H2,1-4H3. The van der Waals surface area contributed by atoms with Crippen LogP contribution in [0.5, 0.6) is 0 Å². The normalized spacial score (nSPS) is 18.4. The molecule has 6 nitrogen and oxygen atoms in total. The Kier molecular flexibility index (Phi) is 5.49. The summed E-state index contributed by atoms with van der Waals surface area (Å²) in [6, 6.07) is 11.0. The van der Waals surface area contributed by atoms with Crippen LogP contribution in [0.3, 0.4) is 0 Å². The molecule has 0 N–H and O–H groups in total. The summed E-state index contributed by atoms with van der Waals surface area (Å²) in [6.45, 7) is 14.0. The summed E-state index contributed by atoms with van der Waals surface area (Å²) < 4.78 is 1.98. The average molecular weight is 342 g/mol. The van der Waals surface area contributed by atoms with Crippen LogP contribution in [0.2, 0.25) is 0 Å². The van der Waals surface area contributed by atoms with Gasteiger partial charge in [0.05, 0.1) is 11.6 Å². The van der Waals surface area contributed by atoms with Gasteiger partial charge in [0, 0.05) is 32.7 Å². The Labute approximate surface area is 150 Å². The van der Waals surface area contributed by atoms with Gasteiger partial charge in [-0.25, -0.2) is 4.68 Å². The van der Waals surface area contributed by atoms with Crippen LogP contribution in [0.4, 0.5) is 0 Å². The van der Waals surface area contributed by atoms with E-state index < -0.39 is 0 Å². The van der Waals surface area contributed by atoms with Gasteiger partial charge in [0.25, 0.3) is 0 Å². The Hall–Kier alpha value is -1.79. The molecule has 0 radical (unpaired) electrons. The number of nitrogens with zero attached hydrogens (tertiary/aromatic N) is 6. The molecule has 0 saturated carbocycles. The first kappa shape index (κ1) is 18.0. The molecule has 25 heavy (non-hydrogen) atoms. The maximum absolute atomic E-state index is 4.36. The van der Waals surface area contributed by atoms with Gasteiger partial charge >= 0.3 is 0 Å². The van der Waals surface area contributed by atoms with E-state index in [1.807, 2.05) is 4.68 Å². The molecule has 2 heterocycles. The lowest BCUT2D eigenvalue weighted by atomic mass is 10.1. The minimum atomic E-state index is -0.0958. The van der Waals surface area contributed by atoms with Crippen LogP contribution in [-0.4, -0.2) is 56.2 Å². The van der Waals surface area contributed by atoms with Gasteiger partial charge in [0.2, 0.25) is 0 Å². The molecule has 1 saturated heterocycles. The number of rotatable bonds is 5. The van der Waals surface area contributed by atoms with Crippen molar-refractivity contribution in [1.82, 2.24) is 30.0 Å². The van der Waals surface area contributed by atoms with Crippen molar-refractivity contribution in [1.29, 1.82) is 0 Å². The molecule has 0 bridgehead atoms. The van der Waals surface area contributed by atoms with E-state index in [9.17, 15) is 0 Å². The highest BCUT2D eigenvalue weighted by atomic mass is 15.6. The number of tetrazole rings is 1. The molecular formula is C19H30N6. The molecule has 3 rings (SSSR count). The van der Waals surface area contributed by atoms with Crippen LogP contribution in [0.1, 0.15) is 51.5 Å². The third-order valence-electron chi connectivity index (χ3n) is 4.91. The van der Waals surface area contributed by atoms with Crippen LogP contribution >= 0.6 is 0 Å². The van der Waals surface area contributed by atoms with Crippen molar-refractivity contribution in [2.75, 3.05) is 26.2 Å². The van der Waals surface area contributed by atoms with Crippen molar-refractivity contribution < 1.29 is 0 Å². The van der Waals surface area contributed by atoms with Gasteiger partial charge in [-0.3, -0.25) is 9.80 Å². The smallest absolute Gasteiger partial charge is 0.168 e. The molecule has 1 aromatic carbocycles. The maximum atomic E-state index is 4.36. The van der Waals surface area contributed by atoms with Crippen LogP contribution in [0, 0.1) is 0 Å². The largest absolute Gasteiger partial charge is 0.297 e. The van der Waals surface area contributed by atoms with Gasteiger partial charge in [-0.15, -0.1) is 5.10 Å². The fraction of sp³-hybridized carbons (Fsp3) is 0.632. The van der Waals surface area contributed by atoms with E-state index in [-0.39, 0.29) is 11.6 Å². The van der Waals surface area contributed by atoms with Gasteiger partial charge in [-0.05, 0) is 43.2 Å². The highest BCUT2D eigenvalue weighted by Gasteiger charge is 2.30. The van der Waals surface area contributed by atoms with Gasteiger partial charge in [0.1, 0.15) is 0 Å². The van der Waals surface area contributed by atoms with Gasteiger partial charge in [-0.2, -0.15) is 0 Å². The quantitative estimate of drug-likeness (QED) is 0.836. The van der Waals surface area contributed by atoms with Crippen molar-refractivity contribution in [3.05, 3.63) is 41.7 Å². The van der Waals surface area contributed by atoms with Crippen molar-refractivity contribution in [2.45, 2.75) is 52.2 Å². The molecule has 2 aromatic rings. The molecule has 6 heteroatoms. The van der Waals surface area contributed by atoms with Crippen LogP contribution in [-0.2, 0) is 12.1 Å². The monoisotopic (exact) mass is 342 g/mol. The number of hydrogen-bond donors (Lipinski definition) is 0. The first-order chi connectivity index (χ1) is 12.0. The summed E-state index contributed by atoms with van der Waals surface area (Å²) in [5.74, 6) is 0.992. The zero-order valence-electron chi connectivity index (χ0n) is 15.9. The highest BCUT2D eigenvalue weighted by molar-refractivity contribution is 5.14. The summed E-state index contributed by atoms with van der Waals surface area (Å²) in [5, 5.41) is 12.6. The zero-order chi connectivity index (χ0) is 17.9. The van der Waals surface area contributed by atoms with E-state index in [1.165, 1.54) is 5.56 Å². The topological polar surface area (TPSA) is 50.1 Å². The highest BCUT2D eigenvalue weighted by Crippen LogP contribution is 2.26. The number of aromatic nitrogens is 4. The second-order valence-electron chi connectivity index (χ2n) is 7.84. The zero-order valence-corrected chi connectivity index (χ0v) is 15.9. The predicted molar refractivity (Wildman–Crippen MR) is 99.1 cm³/mol. The van der Waals surface area contributed by atoms with Crippen molar-refractivity contribution in [3.8, 4) is 0 Å².